The average molecular weight is 363 g/mol. The molecular formula is C18H25N3O5. The van der Waals surface area contributed by atoms with Crippen LogP contribution in [0.25, 0.3) is 0 Å². The van der Waals surface area contributed by atoms with Gasteiger partial charge in [0.1, 0.15) is 6.04 Å². The smallest absolute Gasteiger partial charge is 0.250 e. The van der Waals surface area contributed by atoms with Crippen LogP contribution in [0.2, 0.25) is 0 Å². The first-order valence-corrected chi connectivity index (χ1v) is 8.67. The minimum Gasteiger partial charge on any atom is -0.394 e. The molecule has 1 aromatic carbocycles. The van der Waals surface area contributed by atoms with Crippen LogP contribution in [0, 0.1) is 5.92 Å². The van der Waals surface area contributed by atoms with Crippen molar-refractivity contribution in [2.45, 2.75) is 38.3 Å². The average Bonchev–Trinajstić information content (AvgIpc) is 3.14. The molecule has 3 amide bonds. The fraction of sp³-hybridized carbons (Fsp3) is 0.500. The Labute approximate surface area is 152 Å². The molecule has 8 heteroatoms. The highest BCUT2D eigenvalue weighted by Crippen LogP contribution is 2.24. The second-order valence-corrected chi connectivity index (χ2v) is 6.50. The van der Waals surface area contributed by atoms with E-state index in [1.807, 2.05) is 6.07 Å². The van der Waals surface area contributed by atoms with Gasteiger partial charge in [0.2, 0.25) is 17.7 Å². The Bertz CT molecular complexity index is 637. The fourth-order valence-corrected chi connectivity index (χ4v) is 3.12. The Balaban J connectivity index is 2.18. The maximum Gasteiger partial charge on any atom is 0.250 e. The molecule has 0 saturated carbocycles. The summed E-state index contributed by atoms with van der Waals surface area (Å²) < 4.78 is 0. The molecule has 1 aliphatic rings. The van der Waals surface area contributed by atoms with E-state index in [0.717, 1.165) is 12.8 Å². The van der Waals surface area contributed by atoms with E-state index < -0.39 is 23.8 Å². The lowest BCUT2D eigenvalue weighted by Crippen LogP contribution is -2.47. The van der Waals surface area contributed by atoms with E-state index in [0.29, 0.717) is 12.1 Å². The summed E-state index contributed by atoms with van der Waals surface area (Å²) in [6, 6.07) is 7.72. The SMILES string of the molecule is C[C@H](CC(=O)NO)C(=O)N[C@H](C(=O)N1CCC[C@H]1CO)c1ccccc1. The molecule has 0 unspecified atom stereocenters. The number of aliphatic hydroxyl groups excluding tert-OH is 1. The Morgan fingerprint density at radius 1 is 1.27 bits per heavy atom. The van der Waals surface area contributed by atoms with Crippen LogP contribution >= 0.6 is 0 Å². The molecule has 142 valence electrons. The van der Waals surface area contributed by atoms with Crippen LogP contribution in [0.4, 0.5) is 0 Å². The Kier molecular flexibility index (Phi) is 7.11. The summed E-state index contributed by atoms with van der Waals surface area (Å²) in [6.45, 7) is 1.96. The molecular weight excluding hydrogens is 338 g/mol. The third kappa shape index (κ3) is 4.80. The predicted octanol–water partition coefficient (Wildman–Crippen LogP) is 0.359. The van der Waals surface area contributed by atoms with Crippen molar-refractivity contribution in [3.8, 4) is 0 Å². The van der Waals surface area contributed by atoms with Gasteiger partial charge in [0.15, 0.2) is 0 Å². The molecule has 8 nitrogen and oxygen atoms in total. The standard InChI is InChI=1S/C18H25N3O5/c1-12(10-15(23)20-26)17(24)19-16(13-6-3-2-4-7-13)18(25)21-9-5-8-14(21)11-22/h2-4,6-7,12,14,16,22,26H,5,8-11H2,1H3,(H,19,24)(H,20,23)/t12-,14+,16+/m1/s1. The molecule has 0 spiro atoms. The Hall–Kier alpha value is -2.45. The minimum absolute atomic E-state index is 0.117. The quantitative estimate of drug-likeness (QED) is 0.412. The zero-order valence-corrected chi connectivity index (χ0v) is 14.7. The number of rotatable bonds is 7. The maximum absolute atomic E-state index is 13.0. The van der Waals surface area contributed by atoms with Gasteiger partial charge in [0, 0.05) is 18.9 Å². The van der Waals surface area contributed by atoms with Gasteiger partial charge in [-0.3, -0.25) is 19.6 Å². The maximum atomic E-state index is 13.0. The van der Waals surface area contributed by atoms with E-state index >= 15 is 0 Å². The number of hydrogen-bond donors (Lipinski definition) is 4. The van der Waals surface area contributed by atoms with Crippen LogP contribution in [0.3, 0.4) is 0 Å². The third-order valence-electron chi connectivity index (χ3n) is 4.60. The highest BCUT2D eigenvalue weighted by atomic mass is 16.5. The zero-order valence-electron chi connectivity index (χ0n) is 14.7. The van der Waals surface area contributed by atoms with Crippen molar-refractivity contribution in [1.82, 2.24) is 15.7 Å². The summed E-state index contributed by atoms with van der Waals surface area (Å²) in [5, 5.41) is 20.8. The number of hydroxylamine groups is 1. The van der Waals surface area contributed by atoms with Crippen molar-refractivity contribution in [3.05, 3.63) is 35.9 Å². The highest BCUT2D eigenvalue weighted by molar-refractivity contribution is 5.91. The predicted molar refractivity (Wildman–Crippen MR) is 92.9 cm³/mol. The summed E-state index contributed by atoms with van der Waals surface area (Å²) in [7, 11) is 0. The van der Waals surface area contributed by atoms with Gasteiger partial charge >= 0.3 is 0 Å². The number of nitrogens with one attached hydrogen (secondary N) is 2. The Morgan fingerprint density at radius 3 is 2.58 bits per heavy atom. The lowest BCUT2D eigenvalue weighted by Gasteiger charge is -2.29. The number of nitrogens with zero attached hydrogens (tertiary/aromatic N) is 1. The summed E-state index contributed by atoms with van der Waals surface area (Å²) in [5.41, 5.74) is 2.13. The minimum atomic E-state index is -0.893. The molecule has 0 radical (unpaired) electrons. The van der Waals surface area contributed by atoms with Gasteiger partial charge in [0.05, 0.1) is 12.6 Å². The first kappa shape index (κ1) is 19.9. The number of amides is 3. The van der Waals surface area contributed by atoms with E-state index in [2.05, 4.69) is 5.32 Å². The molecule has 0 aromatic heterocycles. The topological polar surface area (TPSA) is 119 Å². The molecule has 1 heterocycles. The van der Waals surface area contributed by atoms with E-state index in [-0.39, 0.29) is 25.0 Å². The molecule has 0 aliphatic carbocycles. The molecule has 4 N–H and O–H groups in total. The van der Waals surface area contributed by atoms with Crippen LogP contribution in [0.5, 0.6) is 0 Å². The first-order valence-electron chi connectivity index (χ1n) is 8.67. The van der Waals surface area contributed by atoms with Crippen molar-refractivity contribution in [3.63, 3.8) is 0 Å². The van der Waals surface area contributed by atoms with Gasteiger partial charge in [-0.25, -0.2) is 5.48 Å². The molecule has 1 fully saturated rings. The summed E-state index contributed by atoms with van der Waals surface area (Å²) in [5.74, 6) is -2.13. The zero-order chi connectivity index (χ0) is 19.1. The lowest BCUT2D eigenvalue weighted by atomic mass is 10.0. The third-order valence-corrected chi connectivity index (χ3v) is 4.60. The van der Waals surface area contributed by atoms with Gasteiger partial charge in [-0.05, 0) is 18.4 Å². The van der Waals surface area contributed by atoms with Crippen LogP contribution < -0.4 is 10.8 Å². The molecule has 1 aliphatic heterocycles. The van der Waals surface area contributed by atoms with Gasteiger partial charge in [-0.15, -0.1) is 0 Å². The van der Waals surface area contributed by atoms with Crippen molar-refractivity contribution in [2.75, 3.05) is 13.2 Å². The molecule has 26 heavy (non-hydrogen) atoms. The second-order valence-electron chi connectivity index (χ2n) is 6.50. The summed E-state index contributed by atoms with van der Waals surface area (Å²) >= 11 is 0. The molecule has 1 aromatic rings. The van der Waals surface area contributed by atoms with E-state index in [9.17, 15) is 19.5 Å². The Morgan fingerprint density at radius 2 is 1.96 bits per heavy atom. The van der Waals surface area contributed by atoms with Crippen LogP contribution in [0.1, 0.15) is 37.8 Å². The molecule has 2 rings (SSSR count). The van der Waals surface area contributed by atoms with Crippen molar-refractivity contribution in [1.29, 1.82) is 0 Å². The lowest BCUT2D eigenvalue weighted by molar-refractivity contribution is -0.139. The number of aliphatic hydroxyl groups is 1. The number of hydrogen-bond acceptors (Lipinski definition) is 5. The number of benzene rings is 1. The molecule has 1 saturated heterocycles. The summed E-state index contributed by atoms with van der Waals surface area (Å²) in [6.07, 6.45) is 1.34. The van der Waals surface area contributed by atoms with Crippen LogP contribution in [-0.4, -0.2) is 52.1 Å². The van der Waals surface area contributed by atoms with Crippen molar-refractivity contribution in [2.24, 2.45) is 5.92 Å². The van der Waals surface area contributed by atoms with E-state index in [4.69, 9.17) is 5.21 Å². The largest absolute Gasteiger partial charge is 0.394 e. The van der Waals surface area contributed by atoms with Crippen molar-refractivity contribution >= 4 is 17.7 Å². The van der Waals surface area contributed by atoms with Gasteiger partial charge in [-0.1, -0.05) is 37.3 Å². The van der Waals surface area contributed by atoms with Gasteiger partial charge < -0.3 is 15.3 Å². The number of carbonyl (C=O) groups excluding carboxylic acids is 3. The summed E-state index contributed by atoms with van der Waals surface area (Å²) in [4.78, 5) is 38.4. The fourth-order valence-electron chi connectivity index (χ4n) is 3.12. The monoisotopic (exact) mass is 363 g/mol. The second kappa shape index (κ2) is 9.30. The molecule has 0 bridgehead atoms. The van der Waals surface area contributed by atoms with Gasteiger partial charge in [0.25, 0.3) is 0 Å². The van der Waals surface area contributed by atoms with E-state index in [1.54, 1.807) is 36.1 Å². The number of carbonyl (C=O) groups is 3. The number of likely N-dealkylation sites (tertiary alicyclic amines) is 1. The first-order chi connectivity index (χ1) is 12.5. The van der Waals surface area contributed by atoms with Crippen molar-refractivity contribution < 1.29 is 24.7 Å². The van der Waals surface area contributed by atoms with Gasteiger partial charge in [-0.2, -0.15) is 0 Å². The molecule has 3 atom stereocenters. The normalized spacial score (nSPS) is 18.9. The van der Waals surface area contributed by atoms with Crippen LogP contribution in [0.15, 0.2) is 30.3 Å². The van der Waals surface area contributed by atoms with Crippen LogP contribution in [-0.2, 0) is 14.4 Å². The van der Waals surface area contributed by atoms with E-state index in [1.165, 1.54) is 5.48 Å². The highest BCUT2D eigenvalue weighted by Gasteiger charge is 2.35.